The lowest BCUT2D eigenvalue weighted by atomic mass is 10.2. The fourth-order valence-electron chi connectivity index (χ4n) is 2.31. The van der Waals surface area contributed by atoms with Crippen molar-refractivity contribution in [2.75, 3.05) is 5.32 Å². The number of fused-ring (bicyclic) bond motifs is 1. The molecule has 0 unspecified atom stereocenters. The zero-order chi connectivity index (χ0) is 16.2. The van der Waals surface area contributed by atoms with Gasteiger partial charge in [0.05, 0.1) is 0 Å². The third-order valence-electron chi connectivity index (χ3n) is 3.50. The number of carbonyl (C=O) groups is 1. The number of nitrogens with one attached hydrogen (secondary N) is 1. The number of halogens is 1. The first-order valence-electron chi connectivity index (χ1n) is 7.62. The number of oxazole rings is 1. The van der Waals surface area contributed by atoms with Gasteiger partial charge in [0, 0.05) is 28.8 Å². The van der Waals surface area contributed by atoms with E-state index in [1.165, 1.54) is 0 Å². The Morgan fingerprint density at radius 1 is 1.26 bits per heavy atom. The van der Waals surface area contributed by atoms with Gasteiger partial charge < -0.3 is 9.73 Å². The summed E-state index contributed by atoms with van der Waals surface area (Å²) in [6.45, 7) is 2.06. The third-order valence-corrected chi connectivity index (χ3v) is 3.74. The minimum Gasteiger partial charge on any atom is -0.436 e. The smallest absolute Gasteiger partial charge is 0.227 e. The van der Waals surface area contributed by atoms with Crippen molar-refractivity contribution in [3.8, 4) is 11.5 Å². The Hall–Kier alpha value is -2.33. The molecule has 0 aliphatic rings. The number of carbonyl (C=O) groups excluding carboxylic acids is 1. The van der Waals surface area contributed by atoms with Crippen LogP contribution >= 0.6 is 11.6 Å². The van der Waals surface area contributed by atoms with Crippen LogP contribution in [0, 0.1) is 0 Å². The van der Waals surface area contributed by atoms with Crippen LogP contribution in [0.4, 0.5) is 5.69 Å². The van der Waals surface area contributed by atoms with Gasteiger partial charge in [-0.1, -0.05) is 31.0 Å². The van der Waals surface area contributed by atoms with Crippen molar-refractivity contribution in [1.29, 1.82) is 0 Å². The lowest BCUT2D eigenvalue weighted by molar-refractivity contribution is -0.116. The molecule has 0 bridgehead atoms. The summed E-state index contributed by atoms with van der Waals surface area (Å²) in [5, 5.41) is 3.51. The molecule has 0 atom stereocenters. The average Bonchev–Trinajstić information content (AvgIpc) is 2.96. The van der Waals surface area contributed by atoms with Crippen LogP contribution in [0.15, 0.2) is 46.9 Å². The second kappa shape index (κ2) is 6.84. The van der Waals surface area contributed by atoms with Crippen molar-refractivity contribution in [2.24, 2.45) is 0 Å². The molecule has 2 aromatic carbocycles. The van der Waals surface area contributed by atoms with Gasteiger partial charge in [0.25, 0.3) is 0 Å². The third kappa shape index (κ3) is 3.71. The molecule has 0 aliphatic heterocycles. The molecule has 3 aromatic rings. The first-order valence-corrected chi connectivity index (χ1v) is 8.00. The van der Waals surface area contributed by atoms with Gasteiger partial charge in [0.2, 0.25) is 11.8 Å². The normalized spacial score (nSPS) is 10.9. The molecule has 0 saturated heterocycles. The summed E-state index contributed by atoms with van der Waals surface area (Å²) < 4.78 is 5.79. The average molecular weight is 329 g/mol. The second-order valence-corrected chi connectivity index (χ2v) is 5.80. The highest BCUT2D eigenvalue weighted by Crippen LogP contribution is 2.27. The lowest BCUT2D eigenvalue weighted by Crippen LogP contribution is -2.10. The van der Waals surface area contributed by atoms with Crippen molar-refractivity contribution >= 4 is 34.3 Å². The van der Waals surface area contributed by atoms with E-state index < -0.39 is 0 Å². The van der Waals surface area contributed by atoms with Crippen LogP contribution in [-0.4, -0.2) is 10.9 Å². The topological polar surface area (TPSA) is 55.1 Å². The Kier molecular flexibility index (Phi) is 4.63. The van der Waals surface area contributed by atoms with Crippen LogP contribution in [0.1, 0.15) is 26.2 Å². The predicted octanol–water partition coefficient (Wildman–Crippen LogP) is 5.28. The maximum absolute atomic E-state index is 11.8. The Morgan fingerprint density at radius 2 is 2.13 bits per heavy atom. The summed E-state index contributed by atoms with van der Waals surface area (Å²) >= 11 is 6.00. The van der Waals surface area contributed by atoms with E-state index in [1.54, 1.807) is 18.2 Å². The van der Waals surface area contributed by atoms with Crippen LogP contribution in [0.3, 0.4) is 0 Å². The highest BCUT2D eigenvalue weighted by atomic mass is 35.5. The van der Waals surface area contributed by atoms with E-state index in [4.69, 9.17) is 16.0 Å². The quantitative estimate of drug-likeness (QED) is 0.693. The van der Waals surface area contributed by atoms with Crippen LogP contribution < -0.4 is 5.32 Å². The Balaban J connectivity index is 1.85. The zero-order valence-corrected chi connectivity index (χ0v) is 13.6. The molecule has 5 heteroatoms. The molecule has 0 radical (unpaired) electrons. The molecule has 0 aliphatic carbocycles. The van der Waals surface area contributed by atoms with E-state index in [2.05, 4.69) is 17.2 Å². The molecule has 23 heavy (non-hydrogen) atoms. The molecule has 1 heterocycles. The first-order chi connectivity index (χ1) is 11.2. The molecule has 3 rings (SSSR count). The SMILES string of the molecule is CCCCC(=O)Nc1ccc2nc(-c3cccc(Cl)c3)oc2c1. The molecule has 118 valence electrons. The van der Waals surface area contributed by atoms with Gasteiger partial charge in [-0.25, -0.2) is 4.98 Å². The van der Waals surface area contributed by atoms with Crippen LogP contribution in [0.5, 0.6) is 0 Å². The van der Waals surface area contributed by atoms with E-state index in [0.29, 0.717) is 28.6 Å². The van der Waals surface area contributed by atoms with Gasteiger partial charge in [-0.2, -0.15) is 0 Å². The molecule has 1 amide bonds. The molecular formula is C18H17ClN2O2. The van der Waals surface area contributed by atoms with E-state index in [9.17, 15) is 4.79 Å². The molecular weight excluding hydrogens is 312 g/mol. The number of hydrogen-bond acceptors (Lipinski definition) is 3. The lowest BCUT2D eigenvalue weighted by Gasteiger charge is -2.03. The van der Waals surface area contributed by atoms with Gasteiger partial charge in [0.1, 0.15) is 5.52 Å². The van der Waals surface area contributed by atoms with Gasteiger partial charge in [-0.3, -0.25) is 4.79 Å². The number of hydrogen-bond donors (Lipinski definition) is 1. The molecule has 0 fully saturated rings. The molecule has 1 N–H and O–H groups in total. The van der Waals surface area contributed by atoms with Crippen LogP contribution in [0.25, 0.3) is 22.6 Å². The highest BCUT2D eigenvalue weighted by molar-refractivity contribution is 6.30. The fourth-order valence-corrected chi connectivity index (χ4v) is 2.50. The minimum absolute atomic E-state index is 0.0146. The number of nitrogens with zero attached hydrogens (tertiary/aromatic N) is 1. The van der Waals surface area contributed by atoms with Crippen LogP contribution in [0.2, 0.25) is 5.02 Å². The van der Waals surface area contributed by atoms with Crippen molar-refractivity contribution in [3.05, 3.63) is 47.5 Å². The predicted molar refractivity (Wildman–Crippen MR) is 92.6 cm³/mol. The number of amides is 1. The van der Waals surface area contributed by atoms with Gasteiger partial charge >= 0.3 is 0 Å². The van der Waals surface area contributed by atoms with Gasteiger partial charge in [-0.05, 0) is 36.8 Å². The van der Waals surface area contributed by atoms with E-state index in [-0.39, 0.29) is 5.91 Å². The Bertz CT molecular complexity index is 842. The van der Waals surface area contributed by atoms with E-state index in [1.807, 2.05) is 24.3 Å². The molecule has 0 saturated carbocycles. The van der Waals surface area contributed by atoms with Crippen molar-refractivity contribution in [1.82, 2.24) is 4.98 Å². The summed E-state index contributed by atoms with van der Waals surface area (Å²) in [7, 11) is 0. The minimum atomic E-state index is 0.0146. The number of aromatic nitrogens is 1. The van der Waals surface area contributed by atoms with Crippen molar-refractivity contribution in [3.63, 3.8) is 0 Å². The fraction of sp³-hybridized carbons (Fsp3) is 0.222. The summed E-state index contributed by atoms with van der Waals surface area (Å²) in [6.07, 6.45) is 2.41. The largest absolute Gasteiger partial charge is 0.436 e. The first kappa shape index (κ1) is 15.6. The number of rotatable bonds is 5. The summed E-state index contributed by atoms with van der Waals surface area (Å²) in [4.78, 5) is 16.3. The number of benzene rings is 2. The molecule has 1 aromatic heterocycles. The standard InChI is InChI=1S/C18H17ClN2O2/c1-2-3-7-17(22)20-14-8-9-15-16(11-14)23-18(21-15)12-5-4-6-13(19)10-12/h4-6,8-11H,2-3,7H2,1H3,(H,20,22). The zero-order valence-electron chi connectivity index (χ0n) is 12.8. The Labute approximate surface area is 139 Å². The summed E-state index contributed by atoms with van der Waals surface area (Å²) in [5.74, 6) is 0.526. The summed E-state index contributed by atoms with van der Waals surface area (Å²) in [5.41, 5.74) is 2.91. The summed E-state index contributed by atoms with van der Waals surface area (Å²) in [6, 6.07) is 12.8. The molecule has 4 nitrogen and oxygen atoms in total. The second-order valence-electron chi connectivity index (χ2n) is 5.36. The number of anilines is 1. The molecule has 0 spiro atoms. The van der Waals surface area contributed by atoms with Crippen LogP contribution in [-0.2, 0) is 4.79 Å². The maximum Gasteiger partial charge on any atom is 0.227 e. The van der Waals surface area contributed by atoms with Gasteiger partial charge in [0.15, 0.2) is 5.58 Å². The van der Waals surface area contributed by atoms with E-state index in [0.717, 1.165) is 23.9 Å². The van der Waals surface area contributed by atoms with E-state index >= 15 is 0 Å². The van der Waals surface area contributed by atoms with Crippen molar-refractivity contribution in [2.45, 2.75) is 26.2 Å². The van der Waals surface area contributed by atoms with Crippen molar-refractivity contribution < 1.29 is 9.21 Å². The Morgan fingerprint density at radius 3 is 2.91 bits per heavy atom. The van der Waals surface area contributed by atoms with Gasteiger partial charge in [-0.15, -0.1) is 0 Å². The monoisotopic (exact) mass is 328 g/mol. The highest BCUT2D eigenvalue weighted by Gasteiger charge is 2.10. The number of unbranched alkanes of at least 4 members (excludes halogenated alkanes) is 1. The maximum atomic E-state index is 11.8.